The first-order valence-electron chi connectivity index (χ1n) is 6.15. The van der Waals surface area contributed by atoms with Gasteiger partial charge in [-0.25, -0.2) is 4.39 Å². The summed E-state index contributed by atoms with van der Waals surface area (Å²) in [5.74, 6) is -0.992. The lowest BCUT2D eigenvalue weighted by molar-refractivity contribution is -0.0361. The van der Waals surface area contributed by atoms with Crippen molar-refractivity contribution in [2.24, 2.45) is 5.73 Å². The average Bonchev–Trinajstić information content (AvgIpc) is 2.42. The quantitative estimate of drug-likeness (QED) is 0.812. The van der Waals surface area contributed by atoms with Gasteiger partial charge in [-0.3, -0.25) is 4.79 Å². The van der Waals surface area contributed by atoms with Gasteiger partial charge in [-0.1, -0.05) is 0 Å². The van der Waals surface area contributed by atoms with Gasteiger partial charge >= 0.3 is 0 Å². The Labute approximate surface area is 110 Å². The number of halogens is 1. The number of hydrogen-bond donors (Lipinski definition) is 2. The van der Waals surface area contributed by atoms with Gasteiger partial charge in [0.15, 0.2) is 0 Å². The molecule has 0 bridgehead atoms. The van der Waals surface area contributed by atoms with Crippen LogP contribution in [-0.2, 0) is 16.1 Å². The summed E-state index contributed by atoms with van der Waals surface area (Å²) >= 11 is 0. The van der Waals surface area contributed by atoms with E-state index in [0.717, 1.165) is 13.1 Å². The zero-order chi connectivity index (χ0) is 13.7. The number of hydrogen-bond acceptors (Lipinski definition) is 4. The van der Waals surface area contributed by atoms with Crippen molar-refractivity contribution in [3.63, 3.8) is 0 Å². The van der Waals surface area contributed by atoms with Gasteiger partial charge in [0.05, 0.1) is 25.9 Å². The van der Waals surface area contributed by atoms with Crippen LogP contribution in [0.15, 0.2) is 18.2 Å². The molecule has 2 rings (SSSR count). The smallest absolute Gasteiger partial charge is 0.248 e. The summed E-state index contributed by atoms with van der Waals surface area (Å²) in [6.07, 6.45) is -0.0175. The van der Waals surface area contributed by atoms with Gasteiger partial charge in [0.1, 0.15) is 5.82 Å². The van der Waals surface area contributed by atoms with Gasteiger partial charge in [-0.2, -0.15) is 0 Å². The van der Waals surface area contributed by atoms with Crippen LogP contribution in [-0.4, -0.2) is 38.3 Å². The first-order chi connectivity index (χ1) is 9.16. The highest BCUT2D eigenvalue weighted by Gasteiger charge is 2.14. The molecular weight excluding hydrogens is 251 g/mol. The van der Waals surface area contributed by atoms with Crippen LogP contribution < -0.4 is 11.1 Å². The summed E-state index contributed by atoms with van der Waals surface area (Å²) in [4.78, 5) is 11.0. The van der Waals surface area contributed by atoms with Crippen molar-refractivity contribution in [2.75, 3.05) is 26.3 Å². The van der Waals surface area contributed by atoms with Crippen LogP contribution in [0.4, 0.5) is 4.39 Å². The highest BCUT2D eigenvalue weighted by molar-refractivity contribution is 5.92. The van der Waals surface area contributed by atoms with Crippen LogP contribution in [0.5, 0.6) is 0 Å². The van der Waals surface area contributed by atoms with E-state index >= 15 is 0 Å². The number of ether oxygens (including phenoxy) is 2. The molecule has 0 saturated carbocycles. The minimum Gasteiger partial charge on any atom is -0.374 e. The number of morpholine rings is 1. The SMILES string of the molecule is NC(=O)c1ccc(F)c(COCC2CNCCO2)c1. The second-order valence-electron chi connectivity index (χ2n) is 4.38. The number of rotatable bonds is 5. The molecule has 6 heteroatoms. The fraction of sp³-hybridized carbons (Fsp3) is 0.462. The molecule has 1 amide bonds. The monoisotopic (exact) mass is 268 g/mol. The number of nitrogens with one attached hydrogen (secondary N) is 1. The van der Waals surface area contributed by atoms with Crippen molar-refractivity contribution in [2.45, 2.75) is 12.7 Å². The van der Waals surface area contributed by atoms with E-state index in [9.17, 15) is 9.18 Å². The van der Waals surface area contributed by atoms with E-state index in [1.807, 2.05) is 0 Å². The maximum atomic E-state index is 13.5. The maximum Gasteiger partial charge on any atom is 0.248 e. The third-order valence-electron chi connectivity index (χ3n) is 2.90. The van der Waals surface area contributed by atoms with Crippen LogP contribution in [0.1, 0.15) is 15.9 Å². The number of primary amides is 1. The molecule has 1 aromatic carbocycles. The molecule has 5 nitrogen and oxygen atoms in total. The minimum atomic E-state index is -0.582. The van der Waals surface area contributed by atoms with Crippen molar-refractivity contribution in [1.29, 1.82) is 0 Å². The topological polar surface area (TPSA) is 73.6 Å². The van der Waals surface area contributed by atoms with E-state index in [1.165, 1.54) is 18.2 Å². The standard InChI is InChI=1S/C13H17FN2O3/c14-12-2-1-9(13(15)17)5-10(12)7-18-8-11-6-16-3-4-19-11/h1-2,5,11,16H,3-4,6-8H2,(H2,15,17). The lowest BCUT2D eigenvalue weighted by Crippen LogP contribution is -2.40. The summed E-state index contributed by atoms with van der Waals surface area (Å²) in [6, 6.07) is 3.99. The van der Waals surface area contributed by atoms with Crippen molar-refractivity contribution >= 4 is 5.91 Å². The molecule has 1 aromatic rings. The summed E-state index contributed by atoms with van der Waals surface area (Å²) in [5, 5.41) is 3.18. The fourth-order valence-corrected chi connectivity index (χ4v) is 1.87. The first-order valence-corrected chi connectivity index (χ1v) is 6.15. The third-order valence-corrected chi connectivity index (χ3v) is 2.90. The highest BCUT2D eigenvalue weighted by Crippen LogP contribution is 2.12. The van der Waals surface area contributed by atoms with Gasteiger partial charge in [0.25, 0.3) is 0 Å². The van der Waals surface area contributed by atoms with Crippen LogP contribution in [0.3, 0.4) is 0 Å². The van der Waals surface area contributed by atoms with E-state index in [0.29, 0.717) is 18.8 Å². The van der Waals surface area contributed by atoms with Crippen LogP contribution in [0.25, 0.3) is 0 Å². The molecule has 0 aliphatic carbocycles. The van der Waals surface area contributed by atoms with E-state index < -0.39 is 11.7 Å². The van der Waals surface area contributed by atoms with Crippen molar-refractivity contribution in [1.82, 2.24) is 5.32 Å². The van der Waals surface area contributed by atoms with Crippen molar-refractivity contribution in [3.8, 4) is 0 Å². The van der Waals surface area contributed by atoms with E-state index in [-0.39, 0.29) is 18.3 Å². The Morgan fingerprint density at radius 3 is 3.11 bits per heavy atom. The van der Waals surface area contributed by atoms with E-state index in [2.05, 4.69) is 5.32 Å². The van der Waals surface area contributed by atoms with Crippen molar-refractivity contribution in [3.05, 3.63) is 35.1 Å². The molecule has 1 heterocycles. The largest absolute Gasteiger partial charge is 0.374 e. The molecule has 0 spiro atoms. The Kier molecular flexibility index (Phi) is 4.84. The van der Waals surface area contributed by atoms with Crippen LogP contribution >= 0.6 is 0 Å². The van der Waals surface area contributed by atoms with E-state index in [1.54, 1.807) is 0 Å². The average molecular weight is 268 g/mol. The number of carbonyl (C=O) groups is 1. The Morgan fingerprint density at radius 1 is 1.58 bits per heavy atom. The molecule has 104 valence electrons. The normalized spacial score (nSPS) is 19.3. The van der Waals surface area contributed by atoms with Gasteiger partial charge in [0.2, 0.25) is 5.91 Å². The zero-order valence-corrected chi connectivity index (χ0v) is 10.5. The van der Waals surface area contributed by atoms with Crippen molar-refractivity contribution < 1.29 is 18.7 Å². The molecular formula is C13H17FN2O3. The number of nitrogens with two attached hydrogens (primary N) is 1. The Bertz CT molecular complexity index is 448. The molecule has 1 aliphatic heterocycles. The molecule has 1 fully saturated rings. The second-order valence-corrected chi connectivity index (χ2v) is 4.38. The lowest BCUT2D eigenvalue weighted by Gasteiger charge is -2.23. The summed E-state index contributed by atoms with van der Waals surface area (Å²) < 4.78 is 24.4. The molecule has 19 heavy (non-hydrogen) atoms. The summed E-state index contributed by atoms with van der Waals surface area (Å²) in [6.45, 7) is 2.69. The predicted molar refractivity (Wildman–Crippen MR) is 67.2 cm³/mol. The van der Waals surface area contributed by atoms with Crippen LogP contribution in [0, 0.1) is 5.82 Å². The minimum absolute atomic E-state index is 0.0175. The Morgan fingerprint density at radius 2 is 2.42 bits per heavy atom. The molecule has 1 unspecified atom stereocenters. The number of carbonyl (C=O) groups excluding carboxylic acids is 1. The van der Waals surface area contributed by atoms with Gasteiger partial charge in [0, 0.05) is 24.2 Å². The van der Waals surface area contributed by atoms with Crippen LogP contribution in [0.2, 0.25) is 0 Å². The Hall–Kier alpha value is -1.50. The highest BCUT2D eigenvalue weighted by atomic mass is 19.1. The second kappa shape index (κ2) is 6.60. The molecule has 3 N–H and O–H groups in total. The Balaban J connectivity index is 1.87. The molecule has 1 atom stereocenters. The molecule has 0 aromatic heterocycles. The maximum absolute atomic E-state index is 13.5. The number of amides is 1. The number of benzene rings is 1. The zero-order valence-electron chi connectivity index (χ0n) is 10.5. The summed E-state index contributed by atoms with van der Waals surface area (Å²) in [5.41, 5.74) is 5.74. The first kappa shape index (κ1) is 13.9. The molecule has 1 aliphatic rings. The fourth-order valence-electron chi connectivity index (χ4n) is 1.87. The molecule has 1 saturated heterocycles. The predicted octanol–water partition coefficient (Wildman–Crippen LogP) is 0.430. The lowest BCUT2D eigenvalue weighted by atomic mass is 10.1. The summed E-state index contributed by atoms with van der Waals surface area (Å²) in [7, 11) is 0. The third kappa shape index (κ3) is 3.99. The van der Waals surface area contributed by atoms with E-state index in [4.69, 9.17) is 15.2 Å². The van der Waals surface area contributed by atoms with Gasteiger partial charge in [-0.15, -0.1) is 0 Å². The molecule has 0 radical (unpaired) electrons. The van der Waals surface area contributed by atoms with Gasteiger partial charge in [-0.05, 0) is 18.2 Å². The van der Waals surface area contributed by atoms with Gasteiger partial charge < -0.3 is 20.5 Å².